The van der Waals surface area contributed by atoms with Crippen molar-refractivity contribution in [1.82, 2.24) is 0 Å². The van der Waals surface area contributed by atoms with Gasteiger partial charge in [-0.05, 0) is 37.5 Å². The quantitative estimate of drug-likeness (QED) is 0.772. The summed E-state index contributed by atoms with van der Waals surface area (Å²) in [5.41, 5.74) is 2.19. The molecule has 0 unspecified atom stereocenters. The van der Waals surface area contributed by atoms with E-state index in [2.05, 4.69) is 24.5 Å². The van der Waals surface area contributed by atoms with Crippen LogP contribution in [0, 0.1) is 12.8 Å². The number of urea groups is 1. The molecule has 0 fully saturated rings. The van der Waals surface area contributed by atoms with Gasteiger partial charge in [0.15, 0.2) is 0 Å². The van der Waals surface area contributed by atoms with E-state index in [1.807, 2.05) is 31.2 Å². The Morgan fingerprint density at radius 3 is 2.42 bits per heavy atom. The van der Waals surface area contributed by atoms with Crippen LogP contribution < -0.4 is 10.6 Å². The molecule has 1 aromatic carbocycles. The summed E-state index contributed by atoms with van der Waals surface area (Å²) < 4.78 is 4.80. The van der Waals surface area contributed by atoms with Crippen LogP contribution in [0.1, 0.15) is 34.6 Å². The predicted octanol–water partition coefficient (Wildman–Crippen LogP) is 4.69. The van der Waals surface area contributed by atoms with E-state index in [4.69, 9.17) is 4.74 Å². The lowest BCUT2D eigenvalue weighted by atomic mass is 10.1. The van der Waals surface area contributed by atoms with Crippen LogP contribution in [0.2, 0.25) is 0 Å². The fourth-order valence-electron chi connectivity index (χ4n) is 2.20. The Kier molecular flexibility index (Phi) is 5.98. The van der Waals surface area contributed by atoms with E-state index in [9.17, 15) is 9.59 Å². The van der Waals surface area contributed by atoms with Crippen LogP contribution in [0.5, 0.6) is 0 Å². The van der Waals surface area contributed by atoms with Crippen LogP contribution in [0.3, 0.4) is 0 Å². The van der Waals surface area contributed by atoms with Gasteiger partial charge in [0.2, 0.25) is 0 Å². The predicted molar refractivity (Wildman–Crippen MR) is 98.0 cm³/mol. The smallest absolute Gasteiger partial charge is 0.340 e. The van der Waals surface area contributed by atoms with E-state index in [0.717, 1.165) is 16.9 Å². The molecule has 0 bridgehead atoms. The number of ether oxygens (including phenoxy) is 1. The molecule has 0 aliphatic rings. The summed E-state index contributed by atoms with van der Waals surface area (Å²) >= 11 is 1.40. The fourth-order valence-corrected chi connectivity index (χ4v) is 3.45. The molecule has 0 atom stereocenters. The number of hydrogen-bond acceptors (Lipinski definition) is 4. The highest BCUT2D eigenvalue weighted by molar-refractivity contribution is 7.16. The highest BCUT2D eigenvalue weighted by Crippen LogP contribution is 2.30. The van der Waals surface area contributed by atoms with Crippen molar-refractivity contribution in [2.24, 2.45) is 5.92 Å². The third kappa shape index (κ3) is 4.83. The number of aryl methyl sites for hydroxylation is 1. The number of rotatable bonds is 5. The minimum atomic E-state index is -0.452. The zero-order valence-electron chi connectivity index (χ0n) is 14.3. The number of carbonyl (C=O) groups is 2. The van der Waals surface area contributed by atoms with E-state index in [1.165, 1.54) is 18.4 Å². The van der Waals surface area contributed by atoms with E-state index in [0.29, 0.717) is 22.2 Å². The van der Waals surface area contributed by atoms with E-state index in [1.54, 1.807) is 6.07 Å². The van der Waals surface area contributed by atoms with Crippen LogP contribution in [0.15, 0.2) is 30.3 Å². The molecule has 0 saturated heterocycles. The second kappa shape index (κ2) is 7.97. The summed E-state index contributed by atoms with van der Waals surface area (Å²) in [6.45, 7) is 6.19. The highest BCUT2D eigenvalue weighted by Gasteiger charge is 2.19. The molecule has 0 spiro atoms. The SMILES string of the molecule is COC(=O)c1cc(CC(C)C)sc1NC(=O)Nc1ccc(C)cc1. The van der Waals surface area contributed by atoms with Gasteiger partial charge in [-0.3, -0.25) is 5.32 Å². The molecule has 1 aromatic heterocycles. The highest BCUT2D eigenvalue weighted by atomic mass is 32.1. The van der Waals surface area contributed by atoms with Gasteiger partial charge in [-0.25, -0.2) is 9.59 Å². The molecule has 0 radical (unpaired) electrons. The minimum Gasteiger partial charge on any atom is -0.465 e. The van der Waals surface area contributed by atoms with Gasteiger partial charge in [0.05, 0.1) is 12.7 Å². The summed E-state index contributed by atoms with van der Waals surface area (Å²) in [5.74, 6) is 0.00951. The average molecular weight is 346 g/mol. The molecule has 1 heterocycles. The number of carbonyl (C=O) groups excluding carboxylic acids is 2. The van der Waals surface area contributed by atoms with Gasteiger partial charge < -0.3 is 10.1 Å². The number of esters is 1. The van der Waals surface area contributed by atoms with Crippen molar-refractivity contribution in [1.29, 1.82) is 0 Å². The Morgan fingerprint density at radius 1 is 1.17 bits per heavy atom. The lowest BCUT2D eigenvalue weighted by Crippen LogP contribution is -2.20. The van der Waals surface area contributed by atoms with Gasteiger partial charge >= 0.3 is 12.0 Å². The zero-order chi connectivity index (χ0) is 17.7. The summed E-state index contributed by atoms with van der Waals surface area (Å²) in [6.07, 6.45) is 0.843. The van der Waals surface area contributed by atoms with Crippen molar-refractivity contribution in [3.05, 3.63) is 46.3 Å². The van der Waals surface area contributed by atoms with E-state index in [-0.39, 0.29) is 6.03 Å². The van der Waals surface area contributed by atoms with Crippen LogP contribution in [-0.4, -0.2) is 19.1 Å². The maximum absolute atomic E-state index is 12.2. The van der Waals surface area contributed by atoms with Crippen LogP contribution >= 0.6 is 11.3 Å². The van der Waals surface area contributed by atoms with Crippen LogP contribution in [-0.2, 0) is 11.2 Å². The van der Waals surface area contributed by atoms with Crippen molar-refractivity contribution in [2.45, 2.75) is 27.2 Å². The van der Waals surface area contributed by atoms with E-state index >= 15 is 0 Å². The lowest BCUT2D eigenvalue weighted by Gasteiger charge is -2.07. The van der Waals surface area contributed by atoms with Gasteiger partial charge in [-0.2, -0.15) is 0 Å². The maximum atomic E-state index is 12.2. The molecule has 2 N–H and O–H groups in total. The maximum Gasteiger partial charge on any atom is 0.340 e. The average Bonchev–Trinajstić information content (AvgIpc) is 2.90. The number of methoxy groups -OCH3 is 1. The minimum absolute atomic E-state index is 0.386. The third-order valence-corrected chi connectivity index (χ3v) is 4.41. The Balaban J connectivity index is 2.14. The summed E-state index contributed by atoms with van der Waals surface area (Å²) in [5, 5.41) is 6.01. The van der Waals surface area contributed by atoms with E-state index < -0.39 is 5.97 Å². The number of benzene rings is 1. The molecule has 0 aliphatic carbocycles. The Bertz CT molecular complexity index is 720. The van der Waals surface area contributed by atoms with Gasteiger partial charge in [-0.1, -0.05) is 31.5 Å². The van der Waals surface area contributed by atoms with Crippen LogP contribution in [0.4, 0.5) is 15.5 Å². The van der Waals surface area contributed by atoms with Crippen molar-refractivity contribution in [3.8, 4) is 0 Å². The summed E-state index contributed by atoms with van der Waals surface area (Å²) in [4.78, 5) is 25.2. The second-order valence-corrected chi connectivity index (χ2v) is 7.13. The molecule has 2 rings (SSSR count). The number of amides is 2. The Morgan fingerprint density at radius 2 is 1.83 bits per heavy atom. The normalized spacial score (nSPS) is 10.5. The molecular weight excluding hydrogens is 324 g/mol. The second-order valence-electron chi connectivity index (χ2n) is 5.99. The number of thiophene rings is 1. The first-order valence-electron chi connectivity index (χ1n) is 7.74. The van der Waals surface area contributed by atoms with Crippen LogP contribution in [0.25, 0.3) is 0 Å². The lowest BCUT2D eigenvalue weighted by molar-refractivity contribution is 0.0602. The standard InChI is InChI=1S/C18H22N2O3S/c1-11(2)9-14-10-15(17(21)23-4)16(24-14)20-18(22)19-13-7-5-12(3)6-8-13/h5-8,10-11H,9H2,1-4H3,(H2,19,20,22). The molecule has 2 aromatic rings. The molecular formula is C18H22N2O3S. The molecule has 2 amide bonds. The molecule has 24 heavy (non-hydrogen) atoms. The summed E-state index contributed by atoms with van der Waals surface area (Å²) in [7, 11) is 1.33. The molecule has 128 valence electrons. The first kappa shape index (κ1) is 18.0. The van der Waals surface area contributed by atoms with Crippen molar-refractivity contribution in [3.63, 3.8) is 0 Å². The van der Waals surface area contributed by atoms with Gasteiger partial charge in [-0.15, -0.1) is 11.3 Å². The largest absolute Gasteiger partial charge is 0.465 e. The molecule has 6 heteroatoms. The van der Waals surface area contributed by atoms with Crippen molar-refractivity contribution in [2.75, 3.05) is 17.7 Å². The fraction of sp³-hybridized carbons (Fsp3) is 0.333. The first-order chi connectivity index (χ1) is 11.4. The Labute approximate surface area is 146 Å². The first-order valence-corrected chi connectivity index (χ1v) is 8.56. The Hall–Kier alpha value is -2.34. The zero-order valence-corrected chi connectivity index (χ0v) is 15.1. The molecule has 0 saturated carbocycles. The summed E-state index contributed by atoms with van der Waals surface area (Å²) in [6, 6.07) is 8.89. The number of anilines is 2. The van der Waals surface area contributed by atoms with Crippen molar-refractivity contribution < 1.29 is 14.3 Å². The number of nitrogens with one attached hydrogen (secondary N) is 2. The van der Waals surface area contributed by atoms with Crippen molar-refractivity contribution >= 4 is 34.0 Å². The van der Waals surface area contributed by atoms with Gasteiger partial charge in [0.1, 0.15) is 5.00 Å². The molecule has 5 nitrogen and oxygen atoms in total. The topological polar surface area (TPSA) is 67.4 Å². The van der Waals surface area contributed by atoms with Gasteiger partial charge in [0.25, 0.3) is 0 Å². The van der Waals surface area contributed by atoms with Gasteiger partial charge in [0, 0.05) is 10.6 Å². The monoisotopic (exact) mass is 346 g/mol. The third-order valence-electron chi connectivity index (χ3n) is 3.33. The number of hydrogen-bond donors (Lipinski definition) is 2. The molecule has 0 aliphatic heterocycles.